The van der Waals surface area contributed by atoms with Crippen LogP contribution in [-0.2, 0) is 65.4 Å². The number of hydrogen-bond acceptors (Lipinski definition) is 15. The Bertz CT molecular complexity index is 1560. The van der Waals surface area contributed by atoms with Gasteiger partial charge in [0.2, 0.25) is 0 Å². The normalized spacial score (nSPS) is 15.0. The summed E-state index contributed by atoms with van der Waals surface area (Å²) in [4.78, 5) is 71.8. The van der Waals surface area contributed by atoms with E-state index >= 15 is 0 Å². The highest BCUT2D eigenvalue weighted by atomic mass is 31.2. The van der Waals surface area contributed by atoms with Crippen LogP contribution in [0.5, 0.6) is 0 Å². The number of carbonyl (C=O) groups excluding carboxylic acids is 4. The van der Waals surface area contributed by atoms with Gasteiger partial charge < -0.3 is 33.8 Å². The van der Waals surface area contributed by atoms with Crippen molar-refractivity contribution in [2.45, 2.75) is 286 Å². The molecule has 3 unspecified atom stereocenters. The molecule has 456 valence electrons. The van der Waals surface area contributed by atoms with Gasteiger partial charge in [0.1, 0.15) is 19.3 Å². The molecule has 0 aliphatic carbocycles. The quantitative estimate of drug-likeness (QED) is 0.0222. The lowest BCUT2D eigenvalue weighted by molar-refractivity contribution is -0.161. The van der Waals surface area contributed by atoms with Gasteiger partial charge in [-0.2, -0.15) is 0 Å². The summed E-state index contributed by atoms with van der Waals surface area (Å²) in [5.41, 5.74) is 0. The van der Waals surface area contributed by atoms with Crippen molar-refractivity contribution in [3.05, 3.63) is 0 Å². The first-order valence-electron chi connectivity index (χ1n) is 30.2. The molecule has 77 heavy (non-hydrogen) atoms. The maximum atomic E-state index is 12.9. The zero-order chi connectivity index (χ0) is 57.6. The monoisotopic (exact) mass is 1140 g/mol. The molecule has 0 aliphatic heterocycles. The number of ether oxygens (including phenoxy) is 4. The molecule has 0 aliphatic rings. The van der Waals surface area contributed by atoms with Crippen LogP contribution in [0, 0.1) is 23.7 Å². The Labute approximate surface area is 467 Å². The Morgan fingerprint density at radius 2 is 0.623 bits per heavy atom. The standard InChI is InChI=1S/C58H112O17P2/c1-9-51(8)37-29-21-13-17-25-33-41-58(63)75-54(45-69-56(61)39-31-23-15-11-19-27-35-49(4)5)47-73-77(66,67)71-43-52(59)42-70-76(64,65)72-46-53(74-57(62)40-32-24-16-12-20-28-36-50(6)7)44-68-55(60)38-30-22-14-10-18-26-34-48(2)3/h48-54,59H,9-47H2,1-8H3,(H,64,65)(H,66,67)/t51?,52-,53+,54+/m0/s1. The number of esters is 4. The van der Waals surface area contributed by atoms with Crippen LogP contribution < -0.4 is 0 Å². The SMILES string of the molecule is CCC(C)CCCCCCCCC(=O)O[C@H](COC(=O)CCCCCCCCC(C)C)COP(=O)(O)OC[C@@H](O)COP(=O)(O)OC[C@@H](COC(=O)CCCCCCCCC(C)C)OC(=O)CCCCCCCCC(C)C. The molecule has 0 fully saturated rings. The molecule has 3 N–H and O–H groups in total. The Kier molecular flexibility index (Phi) is 47.5. The molecule has 0 amide bonds. The highest BCUT2D eigenvalue weighted by Gasteiger charge is 2.30. The van der Waals surface area contributed by atoms with E-state index in [9.17, 15) is 43.2 Å². The Balaban J connectivity index is 5.25. The fraction of sp³-hybridized carbons (Fsp3) is 0.931. The maximum absolute atomic E-state index is 12.9. The molecule has 0 saturated carbocycles. The average Bonchev–Trinajstić information content (AvgIpc) is 3.37. The van der Waals surface area contributed by atoms with E-state index in [1.165, 1.54) is 57.8 Å². The van der Waals surface area contributed by atoms with Crippen molar-refractivity contribution >= 4 is 39.5 Å². The first-order valence-corrected chi connectivity index (χ1v) is 33.2. The third-order valence-electron chi connectivity index (χ3n) is 13.4. The van der Waals surface area contributed by atoms with Crippen molar-refractivity contribution in [1.82, 2.24) is 0 Å². The second-order valence-electron chi connectivity index (χ2n) is 22.7. The first kappa shape index (κ1) is 75.1. The number of hydrogen-bond donors (Lipinski definition) is 3. The average molecular weight is 1140 g/mol. The van der Waals surface area contributed by atoms with E-state index in [1.54, 1.807) is 0 Å². The lowest BCUT2D eigenvalue weighted by Crippen LogP contribution is -2.30. The Morgan fingerprint density at radius 1 is 0.364 bits per heavy atom. The molecule has 0 bridgehead atoms. The Morgan fingerprint density at radius 3 is 0.922 bits per heavy atom. The smallest absolute Gasteiger partial charge is 0.462 e. The number of unbranched alkanes of at least 4 members (excludes halogenated alkanes) is 20. The van der Waals surface area contributed by atoms with E-state index in [2.05, 4.69) is 55.4 Å². The van der Waals surface area contributed by atoms with E-state index in [0.29, 0.717) is 43.4 Å². The summed E-state index contributed by atoms with van der Waals surface area (Å²) in [7, 11) is -9.87. The second-order valence-corrected chi connectivity index (χ2v) is 25.6. The van der Waals surface area contributed by atoms with Gasteiger partial charge in [-0.25, -0.2) is 9.13 Å². The molecule has 0 aromatic rings. The van der Waals surface area contributed by atoms with Crippen molar-refractivity contribution in [1.29, 1.82) is 0 Å². The largest absolute Gasteiger partial charge is 0.472 e. The predicted molar refractivity (Wildman–Crippen MR) is 303 cm³/mol. The third kappa shape index (κ3) is 51.9. The zero-order valence-corrected chi connectivity index (χ0v) is 51.4. The molecule has 19 heteroatoms. The van der Waals surface area contributed by atoms with Gasteiger partial charge >= 0.3 is 39.5 Å². The summed E-state index contributed by atoms with van der Waals surface area (Å²) < 4.78 is 67.6. The minimum Gasteiger partial charge on any atom is -0.462 e. The summed E-state index contributed by atoms with van der Waals surface area (Å²) in [5.74, 6) is 0.592. The molecular formula is C58H112O17P2. The minimum absolute atomic E-state index is 0.1000. The van der Waals surface area contributed by atoms with Crippen molar-refractivity contribution in [3.63, 3.8) is 0 Å². The fourth-order valence-corrected chi connectivity index (χ4v) is 9.92. The van der Waals surface area contributed by atoms with Gasteiger partial charge in [-0.15, -0.1) is 0 Å². The van der Waals surface area contributed by atoms with Crippen LogP contribution in [0.15, 0.2) is 0 Å². The van der Waals surface area contributed by atoms with Gasteiger partial charge in [0, 0.05) is 25.7 Å². The second kappa shape index (κ2) is 48.7. The summed E-state index contributed by atoms with van der Waals surface area (Å²) in [6.45, 7) is 13.7. The van der Waals surface area contributed by atoms with Crippen molar-refractivity contribution < 1.29 is 80.2 Å². The summed E-state index contributed by atoms with van der Waals surface area (Å²) in [5, 5.41) is 10.5. The van der Waals surface area contributed by atoms with Crippen LogP contribution in [0.3, 0.4) is 0 Å². The van der Waals surface area contributed by atoms with Crippen molar-refractivity contribution in [3.8, 4) is 0 Å². The highest BCUT2D eigenvalue weighted by molar-refractivity contribution is 7.47. The van der Waals surface area contributed by atoms with Crippen LogP contribution in [0.4, 0.5) is 0 Å². The molecule has 0 aromatic carbocycles. The topological polar surface area (TPSA) is 237 Å². The fourth-order valence-electron chi connectivity index (χ4n) is 8.34. The van der Waals surface area contributed by atoms with Gasteiger partial charge in [-0.1, -0.05) is 216 Å². The summed E-state index contributed by atoms with van der Waals surface area (Å²) in [6.07, 6.45) is 25.8. The number of aliphatic hydroxyl groups is 1. The lowest BCUT2D eigenvalue weighted by atomic mass is 10.00. The number of carbonyl (C=O) groups is 4. The van der Waals surface area contributed by atoms with E-state index in [0.717, 1.165) is 109 Å². The van der Waals surface area contributed by atoms with E-state index in [1.807, 2.05) is 0 Å². The predicted octanol–water partition coefficient (Wildman–Crippen LogP) is 15.0. The van der Waals surface area contributed by atoms with Gasteiger partial charge in [-0.05, 0) is 49.4 Å². The van der Waals surface area contributed by atoms with Gasteiger partial charge in [-0.3, -0.25) is 37.3 Å². The van der Waals surface area contributed by atoms with Crippen molar-refractivity contribution in [2.75, 3.05) is 39.6 Å². The van der Waals surface area contributed by atoms with Crippen LogP contribution in [0.25, 0.3) is 0 Å². The third-order valence-corrected chi connectivity index (χ3v) is 15.3. The van der Waals surface area contributed by atoms with E-state index < -0.39 is 97.5 Å². The number of aliphatic hydroxyl groups excluding tert-OH is 1. The molecule has 0 spiro atoms. The number of rotatable bonds is 55. The van der Waals surface area contributed by atoms with Gasteiger partial charge in [0.25, 0.3) is 0 Å². The summed E-state index contributed by atoms with van der Waals surface area (Å²) >= 11 is 0. The zero-order valence-electron chi connectivity index (χ0n) is 49.6. The summed E-state index contributed by atoms with van der Waals surface area (Å²) in [6, 6.07) is 0. The molecule has 17 nitrogen and oxygen atoms in total. The molecule has 0 rings (SSSR count). The van der Waals surface area contributed by atoms with Crippen LogP contribution in [-0.4, -0.2) is 96.7 Å². The minimum atomic E-state index is -4.94. The number of phosphoric ester groups is 2. The van der Waals surface area contributed by atoms with Gasteiger partial charge in [0.15, 0.2) is 12.2 Å². The van der Waals surface area contributed by atoms with Crippen LogP contribution >= 0.6 is 15.6 Å². The lowest BCUT2D eigenvalue weighted by Gasteiger charge is -2.21. The highest BCUT2D eigenvalue weighted by Crippen LogP contribution is 2.45. The molecule has 6 atom stereocenters. The molecule has 0 aromatic heterocycles. The van der Waals surface area contributed by atoms with E-state index in [4.69, 9.17) is 37.0 Å². The molecule has 0 saturated heterocycles. The van der Waals surface area contributed by atoms with Gasteiger partial charge in [0.05, 0.1) is 26.4 Å². The first-order chi connectivity index (χ1) is 36.6. The Hall–Kier alpha value is -1.94. The van der Waals surface area contributed by atoms with E-state index in [-0.39, 0.29) is 25.7 Å². The molecule has 0 heterocycles. The van der Waals surface area contributed by atoms with Crippen LogP contribution in [0.1, 0.15) is 267 Å². The van der Waals surface area contributed by atoms with Crippen LogP contribution in [0.2, 0.25) is 0 Å². The molecular weight excluding hydrogens is 1030 g/mol. The maximum Gasteiger partial charge on any atom is 0.472 e. The van der Waals surface area contributed by atoms with Crippen molar-refractivity contribution in [2.24, 2.45) is 23.7 Å². The molecule has 0 radical (unpaired) electrons. The number of phosphoric acid groups is 2.